The molecule has 19 heavy (non-hydrogen) atoms. The molecular weight excluding hydrogens is 242 g/mol. The second kappa shape index (κ2) is 6.33. The van der Waals surface area contributed by atoms with Gasteiger partial charge < -0.3 is 16.4 Å². The highest BCUT2D eigenvalue weighted by atomic mass is 16.2. The summed E-state index contributed by atoms with van der Waals surface area (Å²) in [5, 5.41) is 5.67. The average Bonchev–Trinajstić information content (AvgIpc) is 2.75. The molecule has 0 atom stereocenters. The molecule has 0 aliphatic carbocycles. The van der Waals surface area contributed by atoms with E-state index in [0.717, 1.165) is 29.7 Å². The lowest BCUT2D eigenvalue weighted by atomic mass is 10.1. The van der Waals surface area contributed by atoms with E-state index < -0.39 is 0 Å². The van der Waals surface area contributed by atoms with Gasteiger partial charge in [0.15, 0.2) is 0 Å². The van der Waals surface area contributed by atoms with Crippen molar-refractivity contribution in [3.8, 4) is 0 Å². The van der Waals surface area contributed by atoms with Crippen molar-refractivity contribution in [2.75, 3.05) is 18.4 Å². The van der Waals surface area contributed by atoms with E-state index in [-0.39, 0.29) is 11.8 Å². The topological polar surface area (TPSA) is 84.2 Å². The van der Waals surface area contributed by atoms with Crippen LogP contribution in [-0.4, -0.2) is 24.9 Å². The molecule has 0 aromatic heterocycles. The first-order valence-corrected chi connectivity index (χ1v) is 6.57. The maximum Gasteiger partial charge on any atom is 0.228 e. The van der Waals surface area contributed by atoms with E-state index in [0.29, 0.717) is 25.9 Å². The highest BCUT2D eigenvalue weighted by Crippen LogP contribution is 2.23. The molecule has 0 unspecified atom stereocenters. The fourth-order valence-electron chi connectivity index (χ4n) is 2.14. The average molecular weight is 261 g/mol. The smallest absolute Gasteiger partial charge is 0.228 e. The van der Waals surface area contributed by atoms with Gasteiger partial charge in [-0.2, -0.15) is 0 Å². The largest absolute Gasteiger partial charge is 0.356 e. The maximum absolute atomic E-state index is 11.4. The van der Waals surface area contributed by atoms with Crippen LogP contribution in [0.25, 0.3) is 0 Å². The summed E-state index contributed by atoms with van der Waals surface area (Å²) in [6.07, 6.45) is 2.43. The van der Waals surface area contributed by atoms with E-state index in [2.05, 4.69) is 10.6 Å². The number of carbonyl (C=O) groups excluding carboxylic acids is 2. The van der Waals surface area contributed by atoms with E-state index in [4.69, 9.17) is 5.73 Å². The molecular formula is C14H19N3O2. The first-order valence-electron chi connectivity index (χ1n) is 6.57. The Morgan fingerprint density at radius 2 is 2.26 bits per heavy atom. The minimum absolute atomic E-state index is 0.0437. The zero-order valence-corrected chi connectivity index (χ0v) is 10.9. The minimum atomic E-state index is 0.0437. The third-order valence-corrected chi connectivity index (χ3v) is 3.14. The Bertz CT molecular complexity index is 486. The quantitative estimate of drug-likeness (QED) is 0.700. The molecule has 1 aromatic rings. The Kier molecular flexibility index (Phi) is 4.52. The number of nitrogens with two attached hydrogens (primary N) is 1. The number of hydrogen-bond acceptors (Lipinski definition) is 3. The van der Waals surface area contributed by atoms with E-state index in [9.17, 15) is 9.59 Å². The summed E-state index contributed by atoms with van der Waals surface area (Å²) >= 11 is 0. The van der Waals surface area contributed by atoms with E-state index >= 15 is 0 Å². The Morgan fingerprint density at radius 3 is 3.05 bits per heavy atom. The van der Waals surface area contributed by atoms with Crippen LogP contribution in [0.2, 0.25) is 0 Å². The molecule has 0 spiro atoms. The van der Waals surface area contributed by atoms with Gasteiger partial charge >= 0.3 is 0 Å². The van der Waals surface area contributed by atoms with Crippen LogP contribution in [0.4, 0.5) is 5.69 Å². The summed E-state index contributed by atoms with van der Waals surface area (Å²) < 4.78 is 0. The van der Waals surface area contributed by atoms with Gasteiger partial charge in [-0.25, -0.2) is 0 Å². The number of carbonyl (C=O) groups is 2. The number of hydrogen-bond donors (Lipinski definition) is 3. The van der Waals surface area contributed by atoms with Gasteiger partial charge in [-0.05, 0) is 36.6 Å². The molecule has 1 aliphatic rings. The Balaban J connectivity index is 1.79. The van der Waals surface area contributed by atoms with Crippen molar-refractivity contribution in [3.63, 3.8) is 0 Å². The van der Waals surface area contributed by atoms with Crippen molar-refractivity contribution >= 4 is 17.5 Å². The van der Waals surface area contributed by atoms with Gasteiger partial charge in [0.1, 0.15) is 0 Å². The molecule has 4 N–H and O–H groups in total. The highest BCUT2D eigenvalue weighted by molar-refractivity contribution is 5.99. The number of rotatable bonds is 6. The molecule has 0 saturated carbocycles. The Labute approximate surface area is 112 Å². The van der Waals surface area contributed by atoms with Gasteiger partial charge in [-0.1, -0.05) is 12.1 Å². The molecule has 2 rings (SSSR count). The normalized spacial score (nSPS) is 13.0. The second-order valence-electron chi connectivity index (χ2n) is 4.71. The number of amides is 2. The summed E-state index contributed by atoms with van der Waals surface area (Å²) in [6, 6.07) is 5.93. The van der Waals surface area contributed by atoms with Crippen LogP contribution in [0, 0.1) is 0 Å². The summed E-state index contributed by atoms with van der Waals surface area (Å²) in [5.41, 5.74) is 8.42. The number of fused-ring (bicyclic) bond motifs is 1. The molecule has 2 amide bonds. The van der Waals surface area contributed by atoms with Gasteiger partial charge in [0.05, 0.1) is 6.42 Å². The number of benzene rings is 1. The molecule has 102 valence electrons. The third kappa shape index (κ3) is 3.79. The van der Waals surface area contributed by atoms with Gasteiger partial charge in [0.25, 0.3) is 0 Å². The molecule has 1 aliphatic heterocycles. The standard InChI is InChI=1S/C14H19N3O2/c15-6-1-2-13(18)16-7-5-10-3-4-12-11(8-10)9-14(19)17-12/h3-4,8H,1-2,5-7,9,15H2,(H,16,18)(H,17,19). The predicted octanol–water partition coefficient (Wildman–Crippen LogP) is 0.579. The molecule has 0 saturated heterocycles. The minimum Gasteiger partial charge on any atom is -0.356 e. The lowest BCUT2D eigenvalue weighted by molar-refractivity contribution is -0.121. The maximum atomic E-state index is 11.4. The second-order valence-corrected chi connectivity index (χ2v) is 4.71. The monoisotopic (exact) mass is 261 g/mol. The molecule has 1 aromatic carbocycles. The van der Waals surface area contributed by atoms with E-state index in [1.165, 1.54) is 0 Å². The van der Waals surface area contributed by atoms with Crippen LogP contribution in [0.15, 0.2) is 18.2 Å². The lowest BCUT2D eigenvalue weighted by Crippen LogP contribution is -2.26. The number of anilines is 1. The van der Waals surface area contributed by atoms with Crippen LogP contribution in [0.3, 0.4) is 0 Å². The van der Waals surface area contributed by atoms with Gasteiger partial charge in [-0.3, -0.25) is 9.59 Å². The Hall–Kier alpha value is -1.88. The predicted molar refractivity (Wildman–Crippen MR) is 73.8 cm³/mol. The summed E-state index contributed by atoms with van der Waals surface area (Å²) in [6.45, 7) is 1.16. The van der Waals surface area contributed by atoms with Crippen LogP contribution < -0.4 is 16.4 Å². The zero-order chi connectivity index (χ0) is 13.7. The molecule has 5 heteroatoms. The first kappa shape index (κ1) is 13.5. The highest BCUT2D eigenvalue weighted by Gasteiger charge is 2.17. The SMILES string of the molecule is NCCCC(=O)NCCc1ccc2c(c1)CC(=O)N2. The zero-order valence-electron chi connectivity index (χ0n) is 10.9. The van der Waals surface area contributed by atoms with Crippen molar-refractivity contribution in [2.24, 2.45) is 5.73 Å². The molecule has 5 nitrogen and oxygen atoms in total. The Morgan fingerprint density at radius 1 is 1.42 bits per heavy atom. The molecule has 0 bridgehead atoms. The van der Waals surface area contributed by atoms with Gasteiger partial charge in [-0.15, -0.1) is 0 Å². The third-order valence-electron chi connectivity index (χ3n) is 3.14. The molecule has 0 radical (unpaired) electrons. The van der Waals surface area contributed by atoms with Crippen molar-refractivity contribution in [1.82, 2.24) is 5.32 Å². The van der Waals surface area contributed by atoms with Gasteiger partial charge in [0, 0.05) is 18.7 Å². The fourth-order valence-corrected chi connectivity index (χ4v) is 2.14. The van der Waals surface area contributed by atoms with Crippen molar-refractivity contribution in [3.05, 3.63) is 29.3 Å². The molecule has 1 heterocycles. The summed E-state index contributed by atoms with van der Waals surface area (Å²) in [4.78, 5) is 22.6. The van der Waals surface area contributed by atoms with Crippen LogP contribution in [-0.2, 0) is 22.4 Å². The first-order chi connectivity index (χ1) is 9.19. The number of nitrogens with one attached hydrogen (secondary N) is 2. The summed E-state index contributed by atoms with van der Waals surface area (Å²) in [7, 11) is 0. The van der Waals surface area contributed by atoms with Crippen LogP contribution >= 0.6 is 0 Å². The van der Waals surface area contributed by atoms with Crippen LogP contribution in [0.5, 0.6) is 0 Å². The van der Waals surface area contributed by atoms with E-state index in [1.807, 2.05) is 18.2 Å². The van der Waals surface area contributed by atoms with Crippen molar-refractivity contribution < 1.29 is 9.59 Å². The lowest BCUT2D eigenvalue weighted by Gasteiger charge is -2.06. The van der Waals surface area contributed by atoms with Crippen LogP contribution in [0.1, 0.15) is 24.0 Å². The van der Waals surface area contributed by atoms with Gasteiger partial charge in [0.2, 0.25) is 11.8 Å². The van der Waals surface area contributed by atoms with Crippen molar-refractivity contribution in [1.29, 1.82) is 0 Å². The van der Waals surface area contributed by atoms with E-state index in [1.54, 1.807) is 0 Å². The molecule has 0 fully saturated rings. The summed E-state index contributed by atoms with van der Waals surface area (Å²) in [5.74, 6) is 0.0886. The van der Waals surface area contributed by atoms with Crippen molar-refractivity contribution in [2.45, 2.75) is 25.7 Å². The fraction of sp³-hybridized carbons (Fsp3) is 0.429.